The first-order valence-electron chi connectivity index (χ1n) is 11.0. The first-order valence-corrected chi connectivity index (χ1v) is 11.0. The van der Waals surface area contributed by atoms with E-state index in [9.17, 15) is 0 Å². The van der Waals surface area contributed by atoms with Gasteiger partial charge in [-0.3, -0.25) is 4.98 Å². The molecular formula is C30H20N2. The lowest BCUT2D eigenvalue weighted by Crippen LogP contribution is -2.36. The summed E-state index contributed by atoms with van der Waals surface area (Å²) in [4.78, 5) is 7.26. The number of rotatable bonds is 1. The molecule has 0 bridgehead atoms. The number of hydrogen-bond donors (Lipinski definition) is 0. The van der Waals surface area contributed by atoms with E-state index in [0.717, 1.165) is 5.69 Å². The molecule has 5 aromatic rings. The van der Waals surface area contributed by atoms with Crippen molar-refractivity contribution in [1.29, 1.82) is 0 Å². The Labute approximate surface area is 187 Å². The summed E-state index contributed by atoms with van der Waals surface area (Å²) in [6.45, 7) is 0. The lowest BCUT2D eigenvalue weighted by Gasteiger charge is -2.44. The molecule has 2 nitrogen and oxygen atoms in total. The van der Waals surface area contributed by atoms with E-state index in [1.54, 1.807) is 0 Å². The molecule has 0 radical (unpaired) electrons. The summed E-state index contributed by atoms with van der Waals surface area (Å²) < 4.78 is 0. The fraction of sp³-hybridized carbons (Fsp3) is 0.0333. The Morgan fingerprint density at radius 2 is 1.06 bits per heavy atom. The summed E-state index contributed by atoms with van der Waals surface area (Å²) in [6, 6.07) is 41.4. The predicted molar refractivity (Wildman–Crippen MR) is 130 cm³/mol. The van der Waals surface area contributed by atoms with Crippen molar-refractivity contribution < 1.29 is 0 Å². The van der Waals surface area contributed by atoms with Crippen LogP contribution < -0.4 is 4.90 Å². The number of hydrogen-bond acceptors (Lipinski definition) is 2. The van der Waals surface area contributed by atoms with Gasteiger partial charge in [-0.25, -0.2) is 0 Å². The van der Waals surface area contributed by atoms with Gasteiger partial charge in [0, 0.05) is 17.4 Å². The highest BCUT2D eigenvalue weighted by Crippen LogP contribution is 2.62. The molecule has 4 aromatic carbocycles. The van der Waals surface area contributed by atoms with Crippen molar-refractivity contribution in [3.63, 3.8) is 0 Å². The van der Waals surface area contributed by atoms with Crippen molar-refractivity contribution in [1.82, 2.24) is 4.98 Å². The maximum atomic E-state index is 4.86. The lowest BCUT2D eigenvalue weighted by atomic mass is 9.65. The van der Waals surface area contributed by atoms with Gasteiger partial charge in [0.05, 0.1) is 22.5 Å². The van der Waals surface area contributed by atoms with Crippen LogP contribution in [0.2, 0.25) is 0 Å². The summed E-state index contributed by atoms with van der Waals surface area (Å²) in [5, 5.41) is 0. The fourth-order valence-electron chi connectivity index (χ4n) is 5.77. The molecule has 32 heavy (non-hydrogen) atoms. The molecule has 2 aliphatic rings. The summed E-state index contributed by atoms with van der Waals surface area (Å²) in [5.41, 5.74) is 10.7. The molecule has 0 N–H and O–H groups in total. The highest BCUT2D eigenvalue weighted by molar-refractivity contribution is 5.94. The Morgan fingerprint density at radius 3 is 1.78 bits per heavy atom. The first-order chi connectivity index (χ1) is 15.9. The van der Waals surface area contributed by atoms with Gasteiger partial charge < -0.3 is 4.90 Å². The van der Waals surface area contributed by atoms with Gasteiger partial charge in [-0.15, -0.1) is 0 Å². The third kappa shape index (κ3) is 2.06. The highest BCUT2D eigenvalue weighted by Gasteiger charge is 2.51. The van der Waals surface area contributed by atoms with Gasteiger partial charge in [0.1, 0.15) is 0 Å². The number of aromatic nitrogens is 1. The Hall–Kier alpha value is -4.17. The van der Waals surface area contributed by atoms with Gasteiger partial charge >= 0.3 is 0 Å². The van der Waals surface area contributed by atoms with Crippen molar-refractivity contribution in [2.24, 2.45) is 0 Å². The molecule has 0 unspecified atom stereocenters. The molecule has 0 fully saturated rings. The number of nitrogens with zero attached hydrogens (tertiary/aromatic N) is 2. The first kappa shape index (κ1) is 17.5. The van der Waals surface area contributed by atoms with Crippen molar-refractivity contribution in [3.8, 4) is 11.3 Å². The van der Waals surface area contributed by atoms with Crippen molar-refractivity contribution in [3.05, 3.63) is 144 Å². The number of anilines is 3. The molecular weight excluding hydrogens is 388 g/mol. The zero-order valence-corrected chi connectivity index (χ0v) is 17.4. The lowest BCUT2D eigenvalue weighted by molar-refractivity contribution is 0.751. The minimum atomic E-state index is -0.390. The molecule has 0 saturated carbocycles. The van der Waals surface area contributed by atoms with Crippen LogP contribution in [-0.4, -0.2) is 4.98 Å². The second-order valence-electron chi connectivity index (χ2n) is 8.40. The zero-order valence-electron chi connectivity index (χ0n) is 17.4. The average Bonchev–Trinajstić information content (AvgIpc) is 3.16. The molecule has 150 valence electrons. The van der Waals surface area contributed by atoms with Crippen LogP contribution in [-0.2, 0) is 5.41 Å². The monoisotopic (exact) mass is 408 g/mol. The normalized spacial score (nSPS) is 14.4. The van der Waals surface area contributed by atoms with E-state index in [2.05, 4.69) is 120 Å². The van der Waals surface area contributed by atoms with Crippen LogP contribution in [0.5, 0.6) is 0 Å². The van der Waals surface area contributed by atoms with Crippen LogP contribution in [0.3, 0.4) is 0 Å². The summed E-state index contributed by atoms with van der Waals surface area (Å²) in [6.07, 6.45) is 1.91. The van der Waals surface area contributed by atoms with Crippen LogP contribution in [0.15, 0.2) is 121 Å². The molecule has 1 aliphatic carbocycles. The maximum absolute atomic E-state index is 4.86. The van der Waals surface area contributed by atoms with Crippen molar-refractivity contribution in [2.75, 3.05) is 4.90 Å². The summed E-state index contributed by atoms with van der Waals surface area (Å²) in [5.74, 6) is 0. The minimum absolute atomic E-state index is 0.390. The summed E-state index contributed by atoms with van der Waals surface area (Å²) >= 11 is 0. The zero-order chi connectivity index (χ0) is 21.1. The Bertz CT molecular complexity index is 1390. The van der Waals surface area contributed by atoms with Gasteiger partial charge in [-0.2, -0.15) is 0 Å². The molecule has 7 rings (SSSR count). The quantitative estimate of drug-likeness (QED) is 0.285. The maximum Gasteiger partial charge on any atom is 0.0770 e. The van der Waals surface area contributed by atoms with Crippen LogP contribution in [0.25, 0.3) is 11.3 Å². The van der Waals surface area contributed by atoms with Crippen LogP contribution in [0.4, 0.5) is 17.1 Å². The van der Waals surface area contributed by atoms with Gasteiger partial charge in [-0.05, 0) is 52.6 Å². The fourth-order valence-corrected chi connectivity index (χ4v) is 5.77. The van der Waals surface area contributed by atoms with Crippen molar-refractivity contribution in [2.45, 2.75) is 5.41 Å². The number of pyridine rings is 1. The smallest absolute Gasteiger partial charge is 0.0770 e. The van der Waals surface area contributed by atoms with E-state index in [1.807, 2.05) is 6.20 Å². The van der Waals surface area contributed by atoms with Gasteiger partial charge in [0.15, 0.2) is 0 Å². The third-order valence-corrected chi connectivity index (χ3v) is 6.91. The average molecular weight is 409 g/mol. The Kier molecular flexibility index (Phi) is 3.51. The third-order valence-electron chi connectivity index (χ3n) is 6.91. The predicted octanol–water partition coefficient (Wildman–Crippen LogP) is 7.23. The molecule has 1 aliphatic heterocycles. The number of benzene rings is 4. The van der Waals surface area contributed by atoms with Gasteiger partial charge in [0.2, 0.25) is 0 Å². The van der Waals surface area contributed by atoms with E-state index in [1.165, 1.54) is 44.9 Å². The molecule has 2 heterocycles. The number of para-hydroxylation sites is 3. The highest BCUT2D eigenvalue weighted by atomic mass is 15.2. The molecule has 2 heteroatoms. The molecule has 0 atom stereocenters. The second kappa shape index (κ2) is 6.41. The largest absolute Gasteiger partial charge is 0.310 e. The van der Waals surface area contributed by atoms with E-state index >= 15 is 0 Å². The van der Waals surface area contributed by atoms with Crippen molar-refractivity contribution >= 4 is 17.1 Å². The Morgan fingerprint density at radius 1 is 0.500 bits per heavy atom. The number of fused-ring (bicyclic) bond motifs is 9. The molecule has 1 aromatic heterocycles. The SMILES string of the molecule is c1ccc(N2c3ccccc3C3(c4ccccc4-c4ncccc43)c3ccccc32)cc1. The van der Waals surface area contributed by atoms with Crippen LogP contribution >= 0.6 is 0 Å². The Balaban J connectivity index is 1.67. The van der Waals surface area contributed by atoms with E-state index in [0.29, 0.717) is 0 Å². The minimum Gasteiger partial charge on any atom is -0.310 e. The topological polar surface area (TPSA) is 16.1 Å². The molecule has 0 saturated heterocycles. The van der Waals surface area contributed by atoms with E-state index in [4.69, 9.17) is 4.98 Å². The van der Waals surface area contributed by atoms with Crippen LogP contribution in [0.1, 0.15) is 22.3 Å². The van der Waals surface area contributed by atoms with Crippen LogP contribution in [0, 0.1) is 0 Å². The molecule has 0 amide bonds. The summed E-state index contributed by atoms with van der Waals surface area (Å²) in [7, 11) is 0. The van der Waals surface area contributed by atoms with E-state index in [-0.39, 0.29) is 0 Å². The van der Waals surface area contributed by atoms with Gasteiger partial charge in [0.25, 0.3) is 0 Å². The van der Waals surface area contributed by atoms with E-state index < -0.39 is 5.41 Å². The molecule has 1 spiro atoms. The standard InChI is InChI=1S/C30H20N2/c1-2-11-21(12-3-1)32-27-18-8-6-15-24(27)30(25-16-7-9-19-28(25)32)23-14-5-4-13-22(23)29-26(30)17-10-20-31-29/h1-20H. The van der Waals surface area contributed by atoms with Gasteiger partial charge in [-0.1, -0.05) is 84.9 Å². The second-order valence-corrected chi connectivity index (χ2v) is 8.40.